The molecule has 0 aromatic heterocycles. The SMILES string of the molecule is CCN(CC)CCCN=C(N)N1CCSCC1. The maximum atomic E-state index is 5.98. The molecule has 1 aliphatic heterocycles. The molecule has 1 aliphatic rings. The first-order valence-corrected chi connectivity index (χ1v) is 7.78. The Hall–Kier alpha value is -0.420. The molecular weight excluding hydrogens is 232 g/mol. The molecule has 1 rings (SSSR count). The summed E-state index contributed by atoms with van der Waals surface area (Å²) >= 11 is 2.00. The number of hydrogen-bond acceptors (Lipinski definition) is 3. The summed E-state index contributed by atoms with van der Waals surface area (Å²) in [7, 11) is 0. The van der Waals surface area contributed by atoms with E-state index in [0.29, 0.717) is 0 Å². The van der Waals surface area contributed by atoms with E-state index in [0.717, 1.165) is 51.6 Å². The Labute approximate surface area is 110 Å². The van der Waals surface area contributed by atoms with Gasteiger partial charge < -0.3 is 15.5 Å². The average molecular weight is 258 g/mol. The minimum absolute atomic E-state index is 0.741. The highest BCUT2D eigenvalue weighted by atomic mass is 32.2. The Balaban J connectivity index is 2.18. The summed E-state index contributed by atoms with van der Waals surface area (Å²) in [6, 6.07) is 0. The molecule has 2 N–H and O–H groups in total. The fraction of sp³-hybridized carbons (Fsp3) is 0.917. The molecule has 0 radical (unpaired) electrons. The van der Waals surface area contributed by atoms with Crippen molar-refractivity contribution in [3.05, 3.63) is 0 Å². The van der Waals surface area contributed by atoms with Crippen LogP contribution in [0.1, 0.15) is 20.3 Å². The van der Waals surface area contributed by atoms with E-state index < -0.39 is 0 Å². The third kappa shape index (κ3) is 5.64. The van der Waals surface area contributed by atoms with E-state index >= 15 is 0 Å². The Morgan fingerprint density at radius 2 is 1.94 bits per heavy atom. The maximum absolute atomic E-state index is 5.98. The van der Waals surface area contributed by atoms with Gasteiger partial charge in [0.25, 0.3) is 0 Å². The van der Waals surface area contributed by atoms with Gasteiger partial charge in [-0.15, -0.1) is 0 Å². The van der Waals surface area contributed by atoms with Crippen molar-refractivity contribution in [1.82, 2.24) is 9.80 Å². The van der Waals surface area contributed by atoms with Crippen LogP contribution in [0, 0.1) is 0 Å². The maximum Gasteiger partial charge on any atom is 0.191 e. The summed E-state index contributed by atoms with van der Waals surface area (Å²) in [5.41, 5.74) is 5.98. The molecule has 17 heavy (non-hydrogen) atoms. The molecule has 0 aromatic carbocycles. The lowest BCUT2D eigenvalue weighted by atomic mass is 10.4. The van der Waals surface area contributed by atoms with Crippen molar-refractivity contribution in [1.29, 1.82) is 0 Å². The summed E-state index contributed by atoms with van der Waals surface area (Å²) < 4.78 is 0. The van der Waals surface area contributed by atoms with Gasteiger partial charge in [-0.2, -0.15) is 11.8 Å². The molecule has 0 saturated carbocycles. The van der Waals surface area contributed by atoms with Crippen molar-refractivity contribution in [2.24, 2.45) is 10.7 Å². The molecule has 0 amide bonds. The fourth-order valence-corrected chi connectivity index (χ4v) is 2.82. The molecule has 0 aliphatic carbocycles. The minimum atomic E-state index is 0.741. The van der Waals surface area contributed by atoms with Gasteiger partial charge in [-0.1, -0.05) is 13.8 Å². The smallest absolute Gasteiger partial charge is 0.191 e. The van der Waals surface area contributed by atoms with E-state index in [2.05, 4.69) is 28.6 Å². The van der Waals surface area contributed by atoms with Gasteiger partial charge in [0.05, 0.1) is 0 Å². The van der Waals surface area contributed by atoms with Crippen LogP contribution >= 0.6 is 11.8 Å². The van der Waals surface area contributed by atoms with Crippen molar-refractivity contribution in [3.8, 4) is 0 Å². The van der Waals surface area contributed by atoms with E-state index in [1.54, 1.807) is 0 Å². The summed E-state index contributed by atoms with van der Waals surface area (Å²) in [4.78, 5) is 9.09. The van der Waals surface area contributed by atoms with Crippen LogP contribution in [0.5, 0.6) is 0 Å². The number of guanidine groups is 1. The van der Waals surface area contributed by atoms with Crippen molar-refractivity contribution in [2.45, 2.75) is 20.3 Å². The van der Waals surface area contributed by atoms with Crippen LogP contribution in [0.4, 0.5) is 0 Å². The second-order valence-corrected chi connectivity index (χ2v) is 5.44. The number of hydrogen-bond donors (Lipinski definition) is 1. The molecule has 1 fully saturated rings. The third-order valence-electron chi connectivity index (χ3n) is 3.14. The third-order valence-corrected chi connectivity index (χ3v) is 4.08. The summed E-state index contributed by atoms with van der Waals surface area (Å²) in [5, 5.41) is 0. The van der Waals surface area contributed by atoms with Crippen LogP contribution in [-0.2, 0) is 0 Å². The molecule has 5 heteroatoms. The van der Waals surface area contributed by atoms with E-state index in [-0.39, 0.29) is 0 Å². The van der Waals surface area contributed by atoms with Crippen LogP contribution in [0.3, 0.4) is 0 Å². The number of nitrogens with zero attached hydrogens (tertiary/aromatic N) is 3. The van der Waals surface area contributed by atoms with Crippen LogP contribution in [0.2, 0.25) is 0 Å². The lowest BCUT2D eigenvalue weighted by molar-refractivity contribution is 0.301. The Morgan fingerprint density at radius 3 is 2.53 bits per heavy atom. The number of nitrogens with two attached hydrogens (primary N) is 1. The van der Waals surface area contributed by atoms with Crippen molar-refractivity contribution in [3.63, 3.8) is 0 Å². The van der Waals surface area contributed by atoms with Gasteiger partial charge in [0.1, 0.15) is 0 Å². The number of thioether (sulfide) groups is 1. The molecule has 100 valence electrons. The fourth-order valence-electron chi connectivity index (χ4n) is 1.92. The van der Waals surface area contributed by atoms with Crippen LogP contribution < -0.4 is 5.73 Å². The van der Waals surface area contributed by atoms with E-state index in [9.17, 15) is 0 Å². The zero-order chi connectivity index (χ0) is 12.5. The molecule has 1 heterocycles. The quantitative estimate of drug-likeness (QED) is 0.440. The van der Waals surface area contributed by atoms with Crippen LogP contribution in [0.25, 0.3) is 0 Å². The molecule has 0 bridgehead atoms. The zero-order valence-corrected chi connectivity index (χ0v) is 12.0. The topological polar surface area (TPSA) is 44.9 Å². The van der Waals surface area contributed by atoms with Crippen LogP contribution in [-0.4, -0.2) is 66.5 Å². The molecule has 0 unspecified atom stereocenters. The minimum Gasteiger partial charge on any atom is -0.370 e. The number of aliphatic imine (C=N–C) groups is 1. The molecule has 1 saturated heterocycles. The van der Waals surface area contributed by atoms with Crippen LogP contribution in [0.15, 0.2) is 4.99 Å². The predicted octanol–water partition coefficient (Wildman–Crippen LogP) is 1.08. The first-order chi connectivity index (χ1) is 8.27. The second kappa shape index (κ2) is 8.64. The highest BCUT2D eigenvalue weighted by molar-refractivity contribution is 7.99. The van der Waals surface area contributed by atoms with Gasteiger partial charge >= 0.3 is 0 Å². The highest BCUT2D eigenvalue weighted by Gasteiger charge is 2.11. The first-order valence-electron chi connectivity index (χ1n) is 6.62. The van der Waals surface area contributed by atoms with Gasteiger partial charge in [0, 0.05) is 31.1 Å². The van der Waals surface area contributed by atoms with Crippen molar-refractivity contribution < 1.29 is 0 Å². The lowest BCUT2D eigenvalue weighted by Crippen LogP contribution is -2.42. The Kier molecular flexibility index (Phi) is 7.44. The summed E-state index contributed by atoms with van der Waals surface area (Å²) in [6.45, 7) is 10.7. The zero-order valence-electron chi connectivity index (χ0n) is 11.2. The normalized spacial score (nSPS) is 17.8. The predicted molar refractivity (Wildman–Crippen MR) is 77.8 cm³/mol. The molecule has 0 spiro atoms. The second-order valence-electron chi connectivity index (χ2n) is 4.22. The first kappa shape index (κ1) is 14.6. The molecule has 0 aromatic rings. The van der Waals surface area contributed by atoms with Gasteiger partial charge in [0.2, 0.25) is 0 Å². The Bertz CT molecular complexity index is 223. The van der Waals surface area contributed by atoms with Gasteiger partial charge in [-0.05, 0) is 26.1 Å². The van der Waals surface area contributed by atoms with E-state index in [1.165, 1.54) is 11.5 Å². The summed E-state index contributed by atoms with van der Waals surface area (Å²) in [5.74, 6) is 3.09. The number of rotatable bonds is 6. The van der Waals surface area contributed by atoms with Gasteiger partial charge in [-0.3, -0.25) is 4.99 Å². The van der Waals surface area contributed by atoms with E-state index in [1.807, 2.05) is 11.8 Å². The van der Waals surface area contributed by atoms with Crippen molar-refractivity contribution >= 4 is 17.7 Å². The Morgan fingerprint density at radius 1 is 1.29 bits per heavy atom. The van der Waals surface area contributed by atoms with Gasteiger partial charge in [-0.25, -0.2) is 0 Å². The summed E-state index contributed by atoms with van der Waals surface area (Å²) in [6.07, 6.45) is 1.10. The molecular formula is C12H26N4S. The average Bonchev–Trinajstić information content (AvgIpc) is 2.40. The molecule has 0 atom stereocenters. The van der Waals surface area contributed by atoms with E-state index in [4.69, 9.17) is 5.73 Å². The highest BCUT2D eigenvalue weighted by Crippen LogP contribution is 2.08. The standard InChI is InChI=1S/C12H26N4S/c1-3-15(4-2)7-5-6-14-12(13)16-8-10-17-11-9-16/h3-11H2,1-2H3,(H2,13,14). The molecule has 4 nitrogen and oxygen atoms in total. The van der Waals surface area contributed by atoms with Crippen molar-refractivity contribution in [2.75, 3.05) is 50.8 Å². The largest absolute Gasteiger partial charge is 0.370 e. The van der Waals surface area contributed by atoms with Gasteiger partial charge in [0.15, 0.2) is 5.96 Å². The lowest BCUT2D eigenvalue weighted by Gasteiger charge is -2.27. The monoisotopic (exact) mass is 258 g/mol.